The van der Waals surface area contributed by atoms with E-state index >= 15 is 0 Å². The van der Waals surface area contributed by atoms with E-state index in [1.165, 1.54) is 12.8 Å². The van der Waals surface area contributed by atoms with Gasteiger partial charge in [-0.1, -0.05) is 18.6 Å². The summed E-state index contributed by atoms with van der Waals surface area (Å²) >= 11 is 0. The molecule has 2 heterocycles. The Balaban J connectivity index is 1.89. The Morgan fingerprint density at radius 3 is 3.00 bits per heavy atom. The van der Waals surface area contributed by atoms with E-state index in [0.29, 0.717) is 0 Å². The first-order chi connectivity index (χ1) is 10.6. The Kier molecular flexibility index (Phi) is 4.20. The average Bonchev–Trinajstić information content (AvgIpc) is 2.76. The van der Waals surface area contributed by atoms with Crippen LogP contribution >= 0.6 is 0 Å². The number of aromatic nitrogens is 3. The predicted molar refractivity (Wildman–Crippen MR) is 85.3 cm³/mol. The van der Waals surface area contributed by atoms with Crippen molar-refractivity contribution in [3.05, 3.63) is 30.1 Å². The van der Waals surface area contributed by atoms with Gasteiger partial charge in [0.05, 0.1) is 6.04 Å². The summed E-state index contributed by atoms with van der Waals surface area (Å²) in [5, 5.41) is 11.5. The highest BCUT2D eigenvalue weighted by Gasteiger charge is 2.16. The molecular weight excluding hydrogens is 278 g/mol. The topological polar surface area (TPSA) is 85.8 Å². The molecule has 0 spiro atoms. The van der Waals surface area contributed by atoms with Crippen LogP contribution in [0.5, 0.6) is 0 Å². The second kappa shape index (κ2) is 6.27. The summed E-state index contributed by atoms with van der Waals surface area (Å²) < 4.78 is 2.19. The van der Waals surface area contributed by atoms with Gasteiger partial charge in [0.2, 0.25) is 5.91 Å². The van der Waals surface area contributed by atoms with E-state index in [1.807, 2.05) is 24.3 Å². The van der Waals surface area contributed by atoms with E-state index in [2.05, 4.69) is 20.1 Å². The SMILES string of the molecule is C[C@H](N)C(=O)Nc1cccc(-c2nnc3n2CCCCC3)c1. The van der Waals surface area contributed by atoms with Gasteiger partial charge in [-0.05, 0) is 31.9 Å². The summed E-state index contributed by atoms with van der Waals surface area (Å²) in [6.07, 6.45) is 4.53. The molecule has 0 unspecified atom stereocenters. The third kappa shape index (κ3) is 3.01. The molecular formula is C16H21N5O. The third-order valence-electron chi connectivity index (χ3n) is 3.91. The molecule has 2 aromatic rings. The molecule has 1 aromatic heterocycles. The Hall–Kier alpha value is -2.21. The molecule has 116 valence electrons. The highest BCUT2D eigenvalue weighted by molar-refractivity contribution is 5.94. The normalized spacial score (nSPS) is 15.7. The van der Waals surface area contributed by atoms with Crippen molar-refractivity contribution in [3.8, 4) is 11.4 Å². The fourth-order valence-electron chi connectivity index (χ4n) is 2.69. The number of carbonyl (C=O) groups excluding carboxylic acids is 1. The average molecular weight is 299 g/mol. The number of nitrogens with one attached hydrogen (secondary N) is 1. The van der Waals surface area contributed by atoms with Crippen molar-refractivity contribution in [2.45, 2.75) is 45.2 Å². The number of rotatable bonds is 3. The number of nitrogens with two attached hydrogens (primary N) is 1. The van der Waals surface area contributed by atoms with E-state index in [-0.39, 0.29) is 5.91 Å². The van der Waals surface area contributed by atoms with Crippen LogP contribution in [0.3, 0.4) is 0 Å². The first kappa shape index (κ1) is 14.7. The van der Waals surface area contributed by atoms with Crippen LogP contribution in [-0.2, 0) is 17.8 Å². The minimum Gasteiger partial charge on any atom is -0.325 e. The van der Waals surface area contributed by atoms with Crippen molar-refractivity contribution in [1.82, 2.24) is 14.8 Å². The van der Waals surface area contributed by atoms with Gasteiger partial charge in [-0.2, -0.15) is 0 Å². The van der Waals surface area contributed by atoms with Crippen LogP contribution in [0, 0.1) is 0 Å². The van der Waals surface area contributed by atoms with Gasteiger partial charge < -0.3 is 15.6 Å². The highest BCUT2D eigenvalue weighted by atomic mass is 16.2. The van der Waals surface area contributed by atoms with E-state index in [4.69, 9.17) is 5.73 Å². The number of fused-ring (bicyclic) bond motifs is 1. The molecule has 0 saturated heterocycles. The van der Waals surface area contributed by atoms with Gasteiger partial charge in [0.25, 0.3) is 0 Å². The number of aryl methyl sites for hydroxylation is 1. The van der Waals surface area contributed by atoms with Gasteiger partial charge in [-0.15, -0.1) is 10.2 Å². The zero-order valence-electron chi connectivity index (χ0n) is 12.7. The summed E-state index contributed by atoms with van der Waals surface area (Å²) in [6.45, 7) is 2.62. The molecule has 0 bridgehead atoms. The molecule has 1 amide bonds. The molecule has 1 atom stereocenters. The minimum absolute atomic E-state index is 0.197. The van der Waals surface area contributed by atoms with Crippen LogP contribution in [0.25, 0.3) is 11.4 Å². The molecule has 1 aromatic carbocycles. The Labute approximate surface area is 129 Å². The molecule has 0 saturated carbocycles. The Morgan fingerprint density at radius 1 is 1.32 bits per heavy atom. The van der Waals surface area contributed by atoms with Gasteiger partial charge >= 0.3 is 0 Å². The van der Waals surface area contributed by atoms with E-state index in [0.717, 1.165) is 42.3 Å². The van der Waals surface area contributed by atoms with Crippen molar-refractivity contribution in [1.29, 1.82) is 0 Å². The lowest BCUT2D eigenvalue weighted by molar-refractivity contribution is -0.117. The molecule has 0 aliphatic carbocycles. The molecule has 3 rings (SSSR count). The quantitative estimate of drug-likeness (QED) is 0.907. The first-order valence-electron chi connectivity index (χ1n) is 7.74. The van der Waals surface area contributed by atoms with Crippen LogP contribution in [0.1, 0.15) is 32.0 Å². The molecule has 22 heavy (non-hydrogen) atoms. The van der Waals surface area contributed by atoms with Gasteiger partial charge in [0.15, 0.2) is 5.82 Å². The maximum atomic E-state index is 11.7. The second-order valence-electron chi connectivity index (χ2n) is 5.76. The van der Waals surface area contributed by atoms with Crippen LogP contribution in [-0.4, -0.2) is 26.7 Å². The first-order valence-corrected chi connectivity index (χ1v) is 7.74. The van der Waals surface area contributed by atoms with Crippen molar-refractivity contribution in [3.63, 3.8) is 0 Å². The predicted octanol–water partition coefficient (Wildman–Crippen LogP) is 1.96. The van der Waals surface area contributed by atoms with Gasteiger partial charge in [-0.3, -0.25) is 4.79 Å². The number of carbonyl (C=O) groups is 1. The smallest absolute Gasteiger partial charge is 0.240 e. The fraction of sp³-hybridized carbons (Fsp3) is 0.438. The van der Waals surface area contributed by atoms with Crippen LogP contribution in [0.2, 0.25) is 0 Å². The number of anilines is 1. The molecule has 0 radical (unpaired) electrons. The zero-order valence-corrected chi connectivity index (χ0v) is 12.7. The number of hydrogen-bond donors (Lipinski definition) is 2. The summed E-state index contributed by atoms with van der Waals surface area (Å²) in [7, 11) is 0. The van der Waals surface area contributed by atoms with Crippen LogP contribution < -0.4 is 11.1 Å². The maximum absolute atomic E-state index is 11.7. The second-order valence-corrected chi connectivity index (χ2v) is 5.76. The summed E-state index contributed by atoms with van der Waals surface area (Å²) in [4.78, 5) is 11.7. The monoisotopic (exact) mass is 299 g/mol. The largest absolute Gasteiger partial charge is 0.325 e. The number of hydrogen-bond acceptors (Lipinski definition) is 4. The van der Waals surface area contributed by atoms with E-state index < -0.39 is 6.04 Å². The van der Waals surface area contributed by atoms with Crippen LogP contribution in [0.4, 0.5) is 5.69 Å². The van der Waals surface area contributed by atoms with E-state index in [1.54, 1.807) is 6.92 Å². The van der Waals surface area contributed by atoms with Gasteiger partial charge in [0.1, 0.15) is 5.82 Å². The van der Waals surface area contributed by atoms with Gasteiger partial charge in [0, 0.05) is 24.2 Å². The highest BCUT2D eigenvalue weighted by Crippen LogP contribution is 2.24. The van der Waals surface area contributed by atoms with Crippen molar-refractivity contribution in [2.75, 3.05) is 5.32 Å². The molecule has 3 N–H and O–H groups in total. The molecule has 6 nitrogen and oxygen atoms in total. The molecule has 0 fully saturated rings. The Bertz CT molecular complexity index is 677. The van der Waals surface area contributed by atoms with Gasteiger partial charge in [-0.25, -0.2) is 0 Å². The molecule has 1 aliphatic heterocycles. The lowest BCUT2D eigenvalue weighted by Gasteiger charge is -2.10. The summed E-state index contributed by atoms with van der Waals surface area (Å²) in [5.74, 6) is 1.73. The molecule has 1 aliphatic rings. The van der Waals surface area contributed by atoms with Crippen molar-refractivity contribution < 1.29 is 4.79 Å². The maximum Gasteiger partial charge on any atom is 0.240 e. The lowest BCUT2D eigenvalue weighted by Crippen LogP contribution is -2.32. The summed E-state index contributed by atoms with van der Waals surface area (Å²) in [5.41, 5.74) is 7.28. The molecule has 6 heteroatoms. The van der Waals surface area contributed by atoms with Crippen molar-refractivity contribution >= 4 is 11.6 Å². The number of benzene rings is 1. The minimum atomic E-state index is -0.534. The standard InChI is InChI=1S/C16H21N5O/c1-11(17)16(22)18-13-7-5-6-12(10-13)15-20-19-14-8-3-2-4-9-21(14)15/h5-7,10-11H,2-4,8-9,17H2,1H3,(H,18,22)/t11-/m0/s1. The van der Waals surface area contributed by atoms with E-state index in [9.17, 15) is 4.79 Å². The summed E-state index contributed by atoms with van der Waals surface area (Å²) in [6, 6.07) is 7.13. The number of nitrogens with zero attached hydrogens (tertiary/aromatic N) is 3. The lowest BCUT2D eigenvalue weighted by atomic mass is 10.1. The Morgan fingerprint density at radius 2 is 2.18 bits per heavy atom. The third-order valence-corrected chi connectivity index (χ3v) is 3.91. The fourth-order valence-corrected chi connectivity index (χ4v) is 2.69. The number of amides is 1. The van der Waals surface area contributed by atoms with Crippen LogP contribution in [0.15, 0.2) is 24.3 Å². The van der Waals surface area contributed by atoms with Crippen molar-refractivity contribution in [2.24, 2.45) is 5.73 Å². The zero-order chi connectivity index (χ0) is 15.5.